The highest BCUT2D eigenvalue weighted by Crippen LogP contribution is 2.28. The summed E-state index contributed by atoms with van der Waals surface area (Å²) in [6.07, 6.45) is 1.42. The van der Waals surface area contributed by atoms with Crippen LogP contribution in [0.25, 0.3) is 0 Å². The zero-order chi connectivity index (χ0) is 15.3. The molecule has 20 heavy (non-hydrogen) atoms. The average molecular weight is 284 g/mol. The van der Waals surface area contributed by atoms with Crippen molar-refractivity contribution in [1.82, 2.24) is 0 Å². The van der Waals surface area contributed by atoms with Gasteiger partial charge in [-0.3, -0.25) is 10.1 Å². The summed E-state index contributed by atoms with van der Waals surface area (Å²) >= 11 is 0. The quantitative estimate of drug-likeness (QED) is 0.595. The second kappa shape index (κ2) is 6.65. The fourth-order valence-electron chi connectivity index (χ4n) is 1.82. The predicted octanol–water partition coefficient (Wildman–Crippen LogP) is 3.33. The van der Waals surface area contributed by atoms with E-state index in [9.17, 15) is 19.6 Å². The van der Waals surface area contributed by atoms with Gasteiger partial charge < -0.3 is 10.4 Å². The fourth-order valence-corrected chi connectivity index (χ4v) is 1.82. The number of benzene rings is 1. The zero-order valence-electron chi connectivity index (χ0n) is 12.0. The standard InChI is InChI=1S/C14H21FN2O3/c1-10(2)7-8-14(3,18)9-16-12-6-4-5-11(15)13(12)17(19)20/h4-6,10,16,18H,7-9H2,1-3H3. The molecule has 1 atom stereocenters. The predicted molar refractivity (Wildman–Crippen MR) is 76.2 cm³/mol. The topological polar surface area (TPSA) is 75.4 Å². The summed E-state index contributed by atoms with van der Waals surface area (Å²) in [5.41, 5.74) is -1.50. The summed E-state index contributed by atoms with van der Waals surface area (Å²) < 4.78 is 13.4. The molecule has 0 heterocycles. The maximum absolute atomic E-state index is 13.4. The molecule has 1 aromatic rings. The van der Waals surface area contributed by atoms with E-state index >= 15 is 0 Å². The van der Waals surface area contributed by atoms with E-state index in [2.05, 4.69) is 19.2 Å². The molecule has 5 nitrogen and oxygen atoms in total. The molecule has 1 unspecified atom stereocenters. The monoisotopic (exact) mass is 284 g/mol. The number of nitro groups is 1. The second-order valence-corrected chi connectivity index (χ2v) is 5.68. The number of aliphatic hydroxyl groups is 1. The number of nitrogens with one attached hydrogen (secondary N) is 1. The van der Waals surface area contributed by atoms with Gasteiger partial charge in [-0.15, -0.1) is 0 Å². The van der Waals surface area contributed by atoms with Gasteiger partial charge in [0.15, 0.2) is 0 Å². The van der Waals surface area contributed by atoms with Crippen molar-refractivity contribution in [1.29, 1.82) is 0 Å². The van der Waals surface area contributed by atoms with Gasteiger partial charge in [0.1, 0.15) is 5.69 Å². The lowest BCUT2D eigenvalue weighted by atomic mass is 9.95. The Labute approximate surface area is 118 Å². The molecule has 0 aliphatic heterocycles. The Morgan fingerprint density at radius 2 is 2.15 bits per heavy atom. The average Bonchev–Trinajstić information content (AvgIpc) is 2.34. The normalized spacial score (nSPS) is 14.1. The third-order valence-corrected chi connectivity index (χ3v) is 3.09. The van der Waals surface area contributed by atoms with Crippen LogP contribution in [0.5, 0.6) is 0 Å². The fraction of sp³-hybridized carbons (Fsp3) is 0.571. The summed E-state index contributed by atoms with van der Waals surface area (Å²) in [7, 11) is 0. The van der Waals surface area contributed by atoms with Crippen LogP contribution in [0.4, 0.5) is 15.8 Å². The lowest BCUT2D eigenvalue weighted by Gasteiger charge is -2.25. The number of nitro benzene ring substituents is 1. The van der Waals surface area contributed by atoms with Gasteiger partial charge in [-0.05, 0) is 37.8 Å². The molecule has 0 aliphatic carbocycles. The minimum atomic E-state index is -0.996. The summed E-state index contributed by atoms with van der Waals surface area (Å²) in [5.74, 6) is -0.424. The Morgan fingerprint density at radius 1 is 1.50 bits per heavy atom. The lowest BCUT2D eigenvalue weighted by molar-refractivity contribution is -0.386. The number of hydrogen-bond acceptors (Lipinski definition) is 4. The van der Waals surface area contributed by atoms with Gasteiger partial charge in [-0.1, -0.05) is 19.9 Å². The molecule has 0 amide bonds. The first-order valence-corrected chi connectivity index (χ1v) is 6.62. The molecule has 0 aromatic heterocycles. The third-order valence-electron chi connectivity index (χ3n) is 3.09. The molecule has 0 spiro atoms. The number of hydrogen-bond donors (Lipinski definition) is 2. The van der Waals surface area contributed by atoms with Crippen LogP contribution < -0.4 is 5.32 Å². The van der Waals surface area contributed by atoms with Crippen LogP contribution in [-0.4, -0.2) is 22.2 Å². The van der Waals surface area contributed by atoms with E-state index in [-0.39, 0.29) is 12.2 Å². The largest absolute Gasteiger partial charge is 0.388 e. The number of nitrogens with zero attached hydrogens (tertiary/aromatic N) is 1. The number of para-hydroxylation sites is 1. The number of anilines is 1. The number of rotatable bonds is 7. The first kappa shape index (κ1) is 16.4. The Morgan fingerprint density at radius 3 is 2.70 bits per heavy atom. The van der Waals surface area contributed by atoms with Crippen molar-refractivity contribution >= 4 is 11.4 Å². The highest BCUT2D eigenvalue weighted by atomic mass is 19.1. The van der Waals surface area contributed by atoms with E-state index in [1.807, 2.05) is 0 Å². The van der Waals surface area contributed by atoms with Gasteiger partial charge in [0.25, 0.3) is 0 Å². The van der Waals surface area contributed by atoms with E-state index in [0.29, 0.717) is 12.3 Å². The SMILES string of the molecule is CC(C)CCC(C)(O)CNc1cccc(F)c1[N+](=O)[O-]. The number of halogens is 1. The van der Waals surface area contributed by atoms with E-state index in [0.717, 1.165) is 12.5 Å². The van der Waals surface area contributed by atoms with Crippen molar-refractivity contribution < 1.29 is 14.4 Å². The molecule has 0 saturated heterocycles. The van der Waals surface area contributed by atoms with Crippen LogP contribution in [0.15, 0.2) is 18.2 Å². The van der Waals surface area contributed by atoms with Crippen LogP contribution in [0.1, 0.15) is 33.6 Å². The van der Waals surface area contributed by atoms with Crippen LogP contribution >= 0.6 is 0 Å². The maximum atomic E-state index is 13.4. The Balaban J connectivity index is 2.75. The Hall–Kier alpha value is -1.69. The summed E-state index contributed by atoms with van der Waals surface area (Å²) in [5, 5.41) is 23.8. The highest BCUT2D eigenvalue weighted by molar-refractivity contribution is 5.62. The first-order chi connectivity index (χ1) is 9.23. The van der Waals surface area contributed by atoms with Gasteiger partial charge in [0.05, 0.1) is 10.5 Å². The van der Waals surface area contributed by atoms with Crippen LogP contribution in [-0.2, 0) is 0 Å². The van der Waals surface area contributed by atoms with Crippen molar-refractivity contribution in [3.8, 4) is 0 Å². The van der Waals surface area contributed by atoms with Crippen LogP contribution in [0.2, 0.25) is 0 Å². The molecule has 0 aliphatic rings. The summed E-state index contributed by atoms with van der Waals surface area (Å²) in [4.78, 5) is 10.1. The molecule has 1 aromatic carbocycles. The maximum Gasteiger partial charge on any atom is 0.327 e. The molecule has 0 saturated carbocycles. The van der Waals surface area contributed by atoms with E-state index < -0.39 is 22.0 Å². The minimum absolute atomic E-state index is 0.0832. The van der Waals surface area contributed by atoms with Crippen molar-refractivity contribution in [3.05, 3.63) is 34.1 Å². The van der Waals surface area contributed by atoms with Gasteiger partial charge >= 0.3 is 5.69 Å². The molecule has 2 N–H and O–H groups in total. The smallest absolute Gasteiger partial charge is 0.327 e. The van der Waals surface area contributed by atoms with Crippen molar-refractivity contribution in [3.63, 3.8) is 0 Å². The van der Waals surface area contributed by atoms with Gasteiger partial charge in [0, 0.05) is 6.54 Å². The van der Waals surface area contributed by atoms with Gasteiger partial charge in [0.2, 0.25) is 5.82 Å². The highest BCUT2D eigenvalue weighted by Gasteiger charge is 2.24. The third kappa shape index (κ3) is 4.77. The Kier molecular flexibility index (Phi) is 5.44. The molecule has 0 bridgehead atoms. The van der Waals surface area contributed by atoms with Crippen LogP contribution in [0.3, 0.4) is 0 Å². The Bertz CT molecular complexity index is 475. The van der Waals surface area contributed by atoms with Crippen molar-refractivity contribution in [2.24, 2.45) is 5.92 Å². The van der Waals surface area contributed by atoms with Crippen molar-refractivity contribution in [2.75, 3.05) is 11.9 Å². The summed E-state index contributed by atoms with van der Waals surface area (Å²) in [6, 6.07) is 3.87. The summed E-state index contributed by atoms with van der Waals surface area (Å²) in [6.45, 7) is 5.90. The molecular formula is C14H21FN2O3. The lowest BCUT2D eigenvalue weighted by Crippen LogP contribution is -2.34. The van der Waals surface area contributed by atoms with E-state index in [1.165, 1.54) is 12.1 Å². The zero-order valence-corrected chi connectivity index (χ0v) is 12.0. The first-order valence-electron chi connectivity index (χ1n) is 6.62. The van der Waals surface area contributed by atoms with Gasteiger partial charge in [-0.25, -0.2) is 0 Å². The minimum Gasteiger partial charge on any atom is -0.388 e. The molecule has 1 rings (SSSR count). The van der Waals surface area contributed by atoms with Gasteiger partial charge in [-0.2, -0.15) is 4.39 Å². The molecule has 112 valence electrons. The molecule has 0 fully saturated rings. The van der Waals surface area contributed by atoms with E-state index in [1.54, 1.807) is 6.92 Å². The second-order valence-electron chi connectivity index (χ2n) is 5.68. The molecule has 6 heteroatoms. The van der Waals surface area contributed by atoms with Crippen molar-refractivity contribution in [2.45, 2.75) is 39.2 Å². The molecular weight excluding hydrogens is 263 g/mol. The van der Waals surface area contributed by atoms with E-state index in [4.69, 9.17) is 0 Å². The molecule has 0 radical (unpaired) electrons. The van der Waals surface area contributed by atoms with Crippen LogP contribution in [0, 0.1) is 21.8 Å².